The third-order valence-corrected chi connectivity index (χ3v) is 2.92. The minimum atomic E-state index is -4.24. The number of hydrogen-bond acceptors (Lipinski definition) is 4. The van der Waals surface area contributed by atoms with Gasteiger partial charge in [-0.25, -0.2) is 0 Å². The Morgan fingerprint density at radius 3 is 2.45 bits per heavy atom. The van der Waals surface area contributed by atoms with Crippen molar-refractivity contribution in [1.29, 1.82) is 0 Å². The third kappa shape index (κ3) is 3.36. The molecule has 0 aliphatic rings. The van der Waals surface area contributed by atoms with E-state index < -0.39 is 18.1 Å². The average molecular weight is 285 g/mol. The summed E-state index contributed by atoms with van der Waals surface area (Å²) >= 11 is 0. The van der Waals surface area contributed by atoms with Gasteiger partial charge in [-0.1, -0.05) is 35.5 Å². The molecular formula is C13H14F3N3O. The SMILES string of the molecule is CC(N)(c1ccccc1)c1nc(CCC(F)(F)F)no1. The van der Waals surface area contributed by atoms with Gasteiger partial charge in [0, 0.05) is 6.42 Å². The van der Waals surface area contributed by atoms with Crippen molar-refractivity contribution in [2.75, 3.05) is 0 Å². The number of aryl methyl sites for hydroxylation is 1. The van der Waals surface area contributed by atoms with Crippen LogP contribution < -0.4 is 5.73 Å². The molecule has 7 heteroatoms. The standard InChI is InChI=1S/C13H14F3N3O/c1-12(17,9-5-3-2-4-6-9)11-18-10(19-20-11)7-8-13(14,15)16/h2-6H,7-8,17H2,1H3. The van der Waals surface area contributed by atoms with Crippen LogP contribution in [0.3, 0.4) is 0 Å². The predicted molar refractivity (Wildman–Crippen MR) is 65.8 cm³/mol. The zero-order valence-electron chi connectivity index (χ0n) is 10.8. The fourth-order valence-electron chi connectivity index (χ4n) is 1.73. The Hall–Kier alpha value is -1.89. The summed E-state index contributed by atoms with van der Waals surface area (Å²) in [5, 5.41) is 3.54. The fraction of sp³-hybridized carbons (Fsp3) is 0.385. The maximum absolute atomic E-state index is 12.1. The van der Waals surface area contributed by atoms with Crippen LogP contribution in [0.15, 0.2) is 34.9 Å². The van der Waals surface area contributed by atoms with Crippen LogP contribution in [0.25, 0.3) is 0 Å². The van der Waals surface area contributed by atoms with E-state index >= 15 is 0 Å². The van der Waals surface area contributed by atoms with Crippen molar-refractivity contribution in [3.63, 3.8) is 0 Å². The summed E-state index contributed by atoms with van der Waals surface area (Å²) in [6, 6.07) is 9.03. The molecule has 0 fully saturated rings. The summed E-state index contributed by atoms with van der Waals surface area (Å²) in [6.45, 7) is 1.67. The fourth-order valence-corrected chi connectivity index (χ4v) is 1.73. The average Bonchev–Trinajstić information content (AvgIpc) is 2.86. The van der Waals surface area contributed by atoms with E-state index in [-0.39, 0.29) is 18.1 Å². The van der Waals surface area contributed by atoms with Gasteiger partial charge in [-0.3, -0.25) is 0 Å². The summed E-state index contributed by atoms with van der Waals surface area (Å²) in [6.07, 6.45) is -5.55. The molecule has 20 heavy (non-hydrogen) atoms. The van der Waals surface area contributed by atoms with Gasteiger partial charge in [0.25, 0.3) is 5.89 Å². The predicted octanol–water partition coefficient (Wildman–Crippen LogP) is 2.79. The van der Waals surface area contributed by atoms with E-state index in [9.17, 15) is 13.2 Å². The van der Waals surface area contributed by atoms with Crippen molar-refractivity contribution in [1.82, 2.24) is 10.1 Å². The van der Waals surface area contributed by atoms with Gasteiger partial charge >= 0.3 is 6.18 Å². The Morgan fingerprint density at radius 1 is 1.20 bits per heavy atom. The molecule has 4 nitrogen and oxygen atoms in total. The molecule has 0 saturated heterocycles. The van der Waals surface area contributed by atoms with Crippen LogP contribution in [-0.2, 0) is 12.0 Å². The molecule has 0 aliphatic heterocycles. The largest absolute Gasteiger partial charge is 0.389 e. The maximum atomic E-state index is 12.1. The topological polar surface area (TPSA) is 64.9 Å². The van der Waals surface area contributed by atoms with Crippen molar-refractivity contribution in [3.05, 3.63) is 47.6 Å². The van der Waals surface area contributed by atoms with Gasteiger partial charge in [0.1, 0.15) is 5.54 Å². The highest BCUT2D eigenvalue weighted by Crippen LogP contribution is 2.26. The monoisotopic (exact) mass is 285 g/mol. The van der Waals surface area contributed by atoms with Gasteiger partial charge in [-0.15, -0.1) is 0 Å². The maximum Gasteiger partial charge on any atom is 0.389 e. The van der Waals surface area contributed by atoms with Crippen LogP contribution in [0.2, 0.25) is 0 Å². The zero-order valence-corrected chi connectivity index (χ0v) is 10.8. The second kappa shape index (κ2) is 5.24. The molecule has 1 unspecified atom stereocenters. The van der Waals surface area contributed by atoms with Crippen molar-refractivity contribution in [2.45, 2.75) is 31.5 Å². The lowest BCUT2D eigenvalue weighted by Crippen LogP contribution is -2.34. The van der Waals surface area contributed by atoms with E-state index in [1.54, 1.807) is 31.2 Å². The molecule has 108 valence electrons. The number of alkyl halides is 3. The number of aromatic nitrogens is 2. The quantitative estimate of drug-likeness (QED) is 0.938. The summed E-state index contributed by atoms with van der Waals surface area (Å²) < 4.78 is 41.4. The molecule has 2 rings (SSSR count). The molecule has 1 aromatic carbocycles. The lowest BCUT2D eigenvalue weighted by Gasteiger charge is -2.20. The lowest BCUT2D eigenvalue weighted by molar-refractivity contribution is -0.134. The Balaban J connectivity index is 2.16. The van der Waals surface area contributed by atoms with Crippen LogP contribution in [0.4, 0.5) is 13.2 Å². The second-order valence-corrected chi connectivity index (χ2v) is 4.70. The molecule has 0 radical (unpaired) electrons. The second-order valence-electron chi connectivity index (χ2n) is 4.70. The van der Waals surface area contributed by atoms with E-state index in [0.29, 0.717) is 0 Å². The molecule has 2 aromatic rings. The Bertz CT molecular complexity index is 564. The molecule has 2 N–H and O–H groups in total. The van der Waals surface area contributed by atoms with E-state index in [4.69, 9.17) is 10.3 Å². The van der Waals surface area contributed by atoms with Crippen LogP contribution in [-0.4, -0.2) is 16.3 Å². The highest BCUT2D eigenvalue weighted by Gasteiger charge is 2.32. The molecule has 1 heterocycles. The Kier molecular flexibility index (Phi) is 3.80. The van der Waals surface area contributed by atoms with Crippen LogP contribution >= 0.6 is 0 Å². The van der Waals surface area contributed by atoms with Crippen molar-refractivity contribution in [3.8, 4) is 0 Å². The molecular weight excluding hydrogens is 271 g/mol. The number of nitrogens with zero attached hydrogens (tertiary/aromatic N) is 2. The van der Waals surface area contributed by atoms with Crippen LogP contribution in [0.5, 0.6) is 0 Å². The van der Waals surface area contributed by atoms with Crippen molar-refractivity contribution >= 4 is 0 Å². The highest BCUT2D eigenvalue weighted by molar-refractivity contribution is 5.28. The smallest absolute Gasteiger partial charge is 0.337 e. The van der Waals surface area contributed by atoms with Gasteiger partial charge in [0.15, 0.2) is 5.82 Å². The minimum Gasteiger partial charge on any atom is -0.337 e. The number of halogens is 3. The van der Waals surface area contributed by atoms with Gasteiger partial charge < -0.3 is 10.3 Å². The van der Waals surface area contributed by atoms with E-state index in [1.165, 1.54) is 0 Å². The summed E-state index contributed by atoms with van der Waals surface area (Å²) in [5.41, 5.74) is 5.84. The van der Waals surface area contributed by atoms with Gasteiger partial charge in [0.05, 0.1) is 6.42 Å². The van der Waals surface area contributed by atoms with E-state index in [0.717, 1.165) is 5.56 Å². The molecule has 0 amide bonds. The first kappa shape index (κ1) is 14.5. The van der Waals surface area contributed by atoms with Gasteiger partial charge in [-0.2, -0.15) is 18.2 Å². The van der Waals surface area contributed by atoms with E-state index in [1.807, 2.05) is 6.07 Å². The zero-order chi connectivity index (χ0) is 14.8. The number of rotatable bonds is 4. The first-order valence-electron chi connectivity index (χ1n) is 6.03. The Labute approximate surface area is 113 Å². The van der Waals surface area contributed by atoms with Crippen molar-refractivity contribution < 1.29 is 17.7 Å². The molecule has 0 saturated carbocycles. The Morgan fingerprint density at radius 2 is 1.85 bits per heavy atom. The normalized spacial score (nSPS) is 15.1. The molecule has 1 atom stereocenters. The highest BCUT2D eigenvalue weighted by atomic mass is 19.4. The molecule has 0 aliphatic carbocycles. The van der Waals surface area contributed by atoms with Crippen LogP contribution in [0.1, 0.15) is 30.6 Å². The minimum absolute atomic E-state index is 0.00457. The third-order valence-electron chi connectivity index (χ3n) is 2.92. The molecule has 0 spiro atoms. The number of nitrogens with two attached hydrogens (primary N) is 1. The molecule has 0 bridgehead atoms. The van der Waals surface area contributed by atoms with Crippen LogP contribution in [0, 0.1) is 0 Å². The van der Waals surface area contributed by atoms with Gasteiger partial charge in [-0.05, 0) is 12.5 Å². The lowest BCUT2D eigenvalue weighted by atomic mass is 9.93. The van der Waals surface area contributed by atoms with Crippen molar-refractivity contribution in [2.24, 2.45) is 5.73 Å². The summed E-state index contributed by atoms with van der Waals surface area (Å²) in [5.74, 6) is 0.103. The summed E-state index contributed by atoms with van der Waals surface area (Å²) in [7, 11) is 0. The van der Waals surface area contributed by atoms with E-state index in [2.05, 4.69) is 10.1 Å². The summed E-state index contributed by atoms with van der Waals surface area (Å²) in [4.78, 5) is 3.96. The first-order chi connectivity index (χ1) is 9.29. The van der Waals surface area contributed by atoms with Gasteiger partial charge in [0.2, 0.25) is 0 Å². The molecule has 1 aromatic heterocycles. The number of benzene rings is 1. The first-order valence-corrected chi connectivity index (χ1v) is 6.03. The number of hydrogen-bond donors (Lipinski definition) is 1.